The van der Waals surface area contributed by atoms with E-state index in [2.05, 4.69) is 178 Å². The van der Waals surface area contributed by atoms with E-state index in [1.165, 1.54) is 32.7 Å². The van der Waals surface area contributed by atoms with Gasteiger partial charge < -0.3 is 9.13 Å². The molecule has 58 heavy (non-hydrogen) atoms. The van der Waals surface area contributed by atoms with E-state index in [0.717, 1.165) is 50.1 Å². The monoisotopic (exact) mass is 751 g/mol. The normalized spacial score (nSPS) is 12.3. The minimum absolute atomic E-state index is 0.0155. The van der Waals surface area contributed by atoms with E-state index in [4.69, 9.17) is 15.0 Å². The zero-order valence-electron chi connectivity index (χ0n) is 33.8. The summed E-state index contributed by atoms with van der Waals surface area (Å²) in [5, 5.41) is 4.91. The van der Waals surface area contributed by atoms with Gasteiger partial charge >= 0.3 is 0 Å². The Hall–Kier alpha value is -6.85. The first-order chi connectivity index (χ1) is 28.0. The second-order valence-corrected chi connectivity index (χ2v) is 17.4. The summed E-state index contributed by atoms with van der Waals surface area (Å²) >= 11 is 0. The fourth-order valence-corrected chi connectivity index (χ4v) is 8.38. The summed E-state index contributed by atoms with van der Waals surface area (Å²) in [6.45, 7) is 13.7. The quantitative estimate of drug-likeness (QED) is 0.176. The molecule has 5 nitrogen and oxygen atoms in total. The summed E-state index contributed by atoms with van der Waals surface area (Å²) in [6, 6.07) is 58.6. The molecule has 0 N–H and O–H groups in total. The van der Waals surface area contributed by atoms with E-state index >= 15 is 0 Å². The van der Waals surface area contributed by atoms with Crippen LogP contribution in [0.1, 0.15) is 52.7 Å². The van der Waals surface area contributed by atoms with E-state index in [-0.39, 0.29) is 10.8 Å². The third-order valence-electron chi connectivity index (χ3n) is 11.5. The molecule has 3 heterocycles. The molecule has 10 aromatic rings. The molecule has 7 aromatic carbocycles. The number of aromatic nitrogens is 5. The molecule has 0 amide bonds. The van der Waals surface area contributed by atoms with Crippen LogP contribution in [0.3, 0.4) is 0 Å². The maximum absolute atomic E-state index is 5.27. The fraction of sp³-hybridized carbons (Fsp3) is 0.151. The Morgan fingerprint density at radius 1 is 0.362 bits per heavy atom. The van der Waals surface area contributed by atoms with Gasteiger partial charge in [0.05, 0.1) is 27.8 Å². The van der Waals surface area contributed by atoms with Crippen LogP contribution in [-0.4, -0.2) is 24.1 Å². The number of hydrogen-bond acceptors (Lipinski definition) is 3. The van der Waals surface area contributed by atoms with E-state index in [9.17, 15) is 0 Å². The van der Waals surface area contributed by atoms with Crippen molar-refractivity contribution in [3.8, 4) is 45.5 Å². The first kappa shape index (κ1) is 35.6. The van der Waals surface area contributed by atoms with Crippen molar-refractivity contribution >= 4 is 43.6 Å². The molecule has 0 fully saturated rings. The second-order valence-electron chi connectivity index (χ2n) is 17.4. The lowest BCUT2D eigenvalue weighted by atomic mass is 9.85. The standard InChI is InChI=1S/C53H45N5/c1-52(2,3)36-25-29-46-42(31-36)43-32-37(53(4,5)6)26-30-47(43)58(46)48-33-38(57-44-23-15-13-21-39(44)40-22-14-16-24-45(40)57)27-28-41(48)51-55-49(34-17-9-7-10-18-34)54-50(56-51)35-19-11-8-12-20-35/h7-33H,1-6H3. The summed E-state index contributed by atoms with van der Waals surface area (Å²) in [7, 11) is 0. The average Bonchev–Trinajstić information content (AvgIpc) is 3.75. The minimum atomic E-state index is -0.0155. The van der Waals surface area contributed by atoms with Gasteiger partial charge in [0.1, 0.15) is 0 Å². The van der Waals surface area contributed by atoms with Crippen molar-refractivity contribution in [2.45, 2.75) is 52.4 Å². The van der Waals surface area contributed by atoms with Gasteiger partial charge in [-0.1, -0.05) is 151 Å². The number of nitrogens with zero attached hydrogens (tertiary/aromatic N) is 5. The topological polar surface area (TPSA) is 48.5 Å². The predicted molar refractivity (Wildman–Crippen MR) is 242 cm³/mol. The SMILES string of the molecule is CC(C)(C)c1ccc2c(c1)c1cc(C(C)(C)C)ccc1n2-c1cc(-n2c3ccccc3c3ccccc32)ccc1-c1nc(-c2ccccc2)nc(-c2ccccc2)n1. The number of fused-ring (bicyclic) bond motifs is 6. The van der Waals surface area contributed by atoms with Crippen molar-refractivity contribution in [2.75, 3.05) is 0 Å². The van der Waals surface area contributed by atoms with Crippen LogP contribution in [0.4, 0.5) is 0 Å². The van der Waals surface area contributed by atoms with Crippen molar-refractivity contribution in [1.29, 1.82) is 0 Å². The summed E-state index contributed by atoms with van der Waals surface area (Å²) in [5.74, 6) is 1.88. The van der Waals surface area contributed by atoms with E-state index in [1.807, 2.05) is 36.4 Å². The summed E-state index contributed by atoms with van der Waals surface area (Å²) in [5.41, 5.74) is 12.0. The van der Waals surface area contributed by atoms with Crippen molar-refractivity contribution in [1.82, 2.24) is 24.1 Å². The molecule has 5 heteroatoms. The summed E-state index contributed by atoms with van der Waals surface area (Å²) < 4.78 is 4.82. The second kappa shape index (κ2) is 13.4. The Bertz CT molecular complexity index is 2990. The Kier molecular flexibility index (Phi) is 8.20. The fourth-order valence-electron chi connectivity index (χ4n) is 8.38. The Labute approximate surface area is 339 Å². The smallest absolute Gasteiger partial charge is 0.166 e. The highest BCUT2D eigenvalue weighted by Gasteiger charge is 2.24. The molecule has 0 radical (unpaired) electrons. The molecule has 0 saturated heterocycles. The lowest BCUT2D eigenvalue weighted by Gasteiger charge is -2.20. The molecular weight excluding hydrogens is 707 g/mol. The van der Waals surface area contributed by atoms with Crippen molar-refractivity contribution < 1.29 is 0 Å². The van der Waals surface area contributed by atoms with E-state index < -0.39 is 0 Å². The molecule has 0 atom stereocenters. The molecule has 0 aliphatic carbocycles. The highest BCUT2D eigenvalue weighted by molar-refractivity contribution is 6.11. The van der Waals surface area contributed by atoms with Crippen LogP contribution < -0.4 is 0 Å². The van der Waals surface area contributed by atoms with Crippen molar-refractivity contribution in [3.05, 3.63) is 175 Å². The minimum Gasteiger partial charge on any atom is -0.309 e. The van der Waals surface area contributed by atoms with Crippen molar-refractivity contribution in [2.24, 2.45) is 0 Å². The lowest BCUT2D eigenvalue weighted by molar-refractivity contribution is 0.590. The maximum atomic E-state index is 5.27. The van der Waals surface area contributed by atoms with Crippen LogP contribution in [0.25, 0.3) is 89.2 Å². The molecular formula is C53H45N5. The van der Waals surface area contributed by atoms with Crippen LogP contribution in [0, 0.1) is 0 Å². The molecule has 0 bridgehead atoms. The zero-order valence-corrected chi connectivity index (χ0v) is 33.8. The number of para-hydroxylation sites is 2. The number of benzene rings is 7. The van der Waals surface area contributed by atoms with Crippen LogP contribution in [-0.2, 0) is 10.8 Å². The van der Waals surface area contributed by atoms with Crippen LogP contribution in [0.5, 0.6) is 0 Å². The van der Waals surface area contributed by atoms with Crippen molar-refractivity contribution in [3.63, 3.8) is 0 Å². The van der Waals surface area contributed by atoms with Crippen LogP contribution in [0.2, 0.25) is 0 Å². The van der Waals surface area contributed by atoms with Gasteiger partial charge in [0, 0.05) is 43.9 Å². The summed E-state index contributed by atoms with van der Waals surface area (Å²) in [4.78, 5) is 15.6. The molecule has 282 valence electrons. The largest absolute Gasteiger partial charge is 0.309 e. The number of hydrogen-bond donors (Lipinski definition) is 0. The molecule has 0 unspecified atom stereocenters. The first-order valence-electron chi connectivity index (χ1n) is 20.1. The Morgan fingerprint density at radius 3 is 1.28 bits per heavy atom. The molecule has 0 spiro atoms. The maximum Gasteiger partial charge on any atom is 0.166 e. The van der Waals surface area contributed by atoms with Crippen LogP contribution >= 0.6 is 0 Å². The van der Waals surface area contributed by atoms with Gasteiger partial charge in [-0.05, 0) is 76.6 Å². The Morgan fingerprint density at radius 2 is 0.793 bits per heavy atom. The highest BCUT2D eigenvalue weighted by Crippen LogP contribution is 2.41. The zero-order chi connectivity index (χ0) is 39.8. The van der Waals surface area contributed by atoms with E-state index in [1.54, 1.807) is 0 Å². The van der Waals surface area contributed by atoms with Gasteiger partial charge in [-0.15, -0.1) is 0 Å². The van der Waals surface area contributed by atoms with Gasteiger partial charge in [-0.3, -0.25) is 0 Å². The summed E-state index contributed by atoms with van der Waals surface area (Å²) in [6.07, 6.45) is 0. The Balaban J connectivity index is 1.33. The van der Waals surface area contributed by atoms with Gasteiger partial charge in [-0.25, -0.2) is 15.0 Å². The molecule has 10 rings (SSSR count). The predicted octanol–water partition coefficient (Wildman–Crippen LogP) is 13.7. The van der Waals surface area contributed by atoms with Gasteiger partial charge in [0.2, 0.25) is 0 Å². The lowest BCUT2D eigenvalue weighted by Crippen LogP contribution is -2.10. The van der Waals surface area contributed by atoms with Gasteiger partial charge in [-0.2, -0.15) is 0 Å². The molecule has 0 aliphatic rings. The third kappa shape index (κ3) is 5.97. The molecule has 0 aliphatic heterocycles. The number of rotatable bonds is 5. The average molecular weight is 752 g/mol. The van der Waals surface area contributed by atoms with Gasteiger partial charge in [0.15, 0.2) is 17.5 Å². The third-order valence-corrected chi connectivity index (χ3v) is 11.5. The first-order valence-corrected chi connectivity index (χ1v) is 20.1. The highest BCUT2D eigenvalue weighted by atomic mass is 15.1. The molecule has 0 saturated carbocycles. The van der Waals surface area contributed by atoms with Crippen LogP contribution in [0.15, 0.2) is 164 Å². The van der Waals surface area contributed by atoms with E-state index in [0.29, 0.717) is 17.5 Å². The molecule has 3 aromatic heterocycles. The van der Waals surface area contributed by atoms with Gasteiger partial charge in [0.25, 0.3) is 0 Å².